The summed E-state index contributed by atoms with van der Waals surface area (Å²) in [6, 6.07) is 2.66. The SMILES string of the molecule is Cc1cc(C(=O)CSc2nnc(N3CCCCC3)n2CC2CCCO2)c(C)n1C1CC1. The third-order valence-electron chi connectivity index (χ3n) is 6.78. The van der Waals surface area contributed by atoms with Crippen LogP contribution in [0.2, 0.25) is 0 Å². The second-order valence-corrected chi connectivity index (χ2v) is 10.1. The van der Waals surface area contributed by atoms with Crippen molar-refractivity contribution in [2.45, 2.75) is 82.6 Å². The van der Waals surface area contributed by atoms with Crippen molar-refractivity contribution in [3.63, 3.8) is 0 Å². The summed E-state index contributed by atoms with van der Waals surface area (Å²) < 4.78 is 10.4. The Balaban J connectivity index is 1.33. The number of rotatable bonds is 8. The second-order valence-electron chi connectivity index (χ2n) is 9.17. The molecule has 0 amide bonds. The minimum atomic E-state index is 0.177. The first-order valence-corrected chi connectivity index (χ1v) is 12.7. The van der Waals surface area contributed by atoms with E-state index in [0.29, 0.717) is 11.8 Å². The van der Waals surface area contributed by atoms with Gasteiger partial charge in [-0.05, 0) is 64.9 Å². The third kappa shape index (κ3) is 4.42. The van der Waals surface area contributed by atoms with Crippen molar-refractivity contribution in [2.75, 3.05) is 30.3 Å². The van der Waals surface area contributed by atoms with E-state index in [9.17, 15) is 4.79 Å². The molecule has 1 unspecified atom stereocenters. The zero-order valence-corrected chi connectivity index (χ0v) is 19.5. The highest BCUT2D eigenvalue weighted by Crippen LogP contribution is 2.38. The quantitative estimate of drug-likeness (QED) is 0.451. The van der Waals surface area contributed by atoms with E-state index < -0.39 is 0 Å². The van der Waals surface area contributed by atoms with Crippen molar-refractivity contribution < 1.29 is 9.53 Å². The Morgan fingerprint density at radius 2 is 1.94 bits per heavy atom. The molecule has 2 aromatic rings. The average molecular weight is 444 g/mol. The minimum absolute atomic E-state index is 0.177. The summed E-state index contributed by atoms with van der Waals surface area (Å²) in [5.41, 5.74) is 3.17. The van der Waals surface area contributed by atoms with E-state index in [0.717, 1.165) is 61.4 Å². The van der Waals surface area contributed by atoms with Crippen molar-refractivity contribution in [3.05, 3.63) is 23.0 Å². The Morgan fingerprint density at radius 3 is 2.65 bits per heavy atom. The smallest absolute Gasteiger partial charge is 0.228 e. The highest BCUT2D eigenvalue weighted by Gasteiger charge is 2.29. The zero-order chi connectivity index (χ0) is 21.4. The Bertz CT molecular complexity index is 936. The van der Waals surface area contributed by atoms with Gasteiger partial charge in [-0.25, -0.2) is 0 Å². The van der Waals surface area contributed by atoms with Gasteiger partial charge >= 0.3 is 0 Å². The minimum Gasteiger partial charge on any atom is -0.376 e. The van der Waals surface area contributed by atoms with E-state index in [1.807, 2.05) is 0 Å². The first-order valence-electron chi connectivity index (χ1n) is 11.8. The monoisotopic (exact) mass is 443 g/mol. The molecular formula is C23H33N5O2S. The number of anilines is 1. The molecule has 3 fully saturated rings. The van der Waals surface area contributed by atoms with Crippen LogP contribution in [0.15, 0.2) is 11.2 Å². The molecule has 2 aromatic heterocycles. The number of aromatic nitrogens is 4. The molecule has 0 radical (unpaired) electrons. The third-order valence-corrected chi connectivity index (χ3v) is 7.74. The summed E-state index contributed by atoms with van der Waals surface area (Å²) in [7, 11) is 0. The summed E-state index contributed by atoms with van der Waals surface area (Å²) in [5, 5.41) is 9.88. The van der Waals surface area contributed by atoms with Crippen LogP contribution in [-0.2, 0) is 11.3 Å². The van der Waals surface area contributed by atoms with Gasteiger partial charge in [-0.1, -0.05) is 11.8 Å². The standard InChI is InChI=1S/C23H33N5O2S/c1-16-13-20(17(2)28(16)18-8-9-18)21(29)15-31-23-25-24-22(26-10-4-3-5-11-26)27(23)14-19-7-6-12-30-19/h13,18-19H,3-12,14-15H2,1-2H3. The maximum atomic E-state index is 13.1. The Morgan fingerprint density at radius 1 is 1.13 bits per heavy atom. The predicted octanol–water partition coefficient (Wildman–Crippen LogP) is 4.18. The van der Waals surface area contributed by atoms with Crippen LogP contribution in [0, 0.1) is 13.8 Å². The molecule has 4 heterocycles. The molecule has 1 atom stereocenters. The zero-order valence-electron chi connectivity index (χ0n) is 18.7. The molecule has 2 saturated heterocycles. The van der Waals surface area contributed by atoms with E-state index in [4.69, 9.17) is 4.74 Å². The number of Topliss-reactive ketones (excluding diaryl/α,β-unsaturated/α-hetero) is 1. The second kappa shape index (κ2) is 8.98. The van der Waals surface area contributed by atoms with E-state index in [-0.39, 0.29) is 11.9 Å². The van der Waals surface area contributed by atoms with Gasteiger partial charge in [0.1, 0.15) is 0 Å². The molecule has 5 rings (SSSR count). The van der Waals surface area contributed by atoms with Crippen LogP contribution in [0.3, 0.4) is 0 Å². The summed E-state index contributed by atoms with van der Waals surface area (Å²) in [6.07, 6.45) is 8.54. The van der Waals surface area contributed by atoms with E-state index in [1.165, 1.54) is 49.6 Å². The van der Waals surface area contributed by atoms with Crippen molar-refractivity contribution >= 4 is 23.5 Å². The molecule has 0 spiro atoms. The number of hydrogen-bond donors (Lipinski definition) is 0. The van der Waals surface area contributed by atoms with Gasteiger partial charge in [-0.3, -0.25) is 9.36 Å². The summed E-state index contributed by atoms with van der Waals surface area (Å²) >= 11 is 1.51. The fourth-order valence-corrected chi connectivity index (χ4v) is 5.86. The first-order chi connectivity index (χ1) is 15.1. The topological polar surface area (TPSA) is 65.2 Å². The number of ketones is 1. The number of aryl methyl sites for hydroxylation is 1. The lowest BCUT2D eigenvalue weighted by molar-refractivity contribution is 0.0951. The van der Waals surface area contributed by atoms with Crippen LogP contribution in [0.5, 0.6) is 0 Å². The highest BCUT2D eigenvalue weighted by molar-refractivity contribution is 7.99. The van der Waals surface area contributed by atoms with Gasteiger partial charge in [0.05, 0.1) is 18.4 Å². The van der Waals surface area contributed by atoms with Crippen LogP contribution < -0.4 is 4.90 Å². The van der Waals surface area contributed by atoms with Crippen LogP contribution in [0.25, 0.3) is 0 Å². The summed E-state index contributed by atoms with van der Waals surface area (Å²) in [4.78, 5) is 15.4. The fourth-order valence-electron chi connectivity index (χ4n) is 5.03. The van der Waals surface area contributed by atoms with E-state index in [1.54, 1.807) is 0 Å². The number of hydrogen-bond acceptors (Lipinski definition) is 6. The molecule has 31 heavy (non-hydrogen) atoms. The molecule has 1 saturated carbocycles. The molecule has 7 nitrogen and oxygen atoms in total. The number of ether oxygens (including phenoxy) is 1. The largest absolute Gasteiger partial charge is 0.376 e. The predicted molar refractivity (Wildman–Crippen MR) is 122 cm³/mol. The number of thioether (sulfide) groups is 1. The number of nitrogens with zero attached hydrogens (tertiary/aromatic N) is 5. The van der Waals surface area contributed by atoms with Gasteiger partial charge in [-0.15, -0.1) is 10.2 Å². The fraction of sp³-hybridized carbons (Fsp3) is 0.696. The van der Waals surface area contributed by atoms with Crippen LogP contribution >= 0.6 is 11.8 Å². The number of carbonyl (C=O) groups excluding carboxylic acids is 1. The molecule has 1 aliphatic carbocycles. The van der Waals surface area contributed by atoms with Gasteiger partial charge in [0.25, 0.3) is 0 Å². The Labute approximate surface area is 188 Å². The van der Waals surface area contributed by atoms with Gasteiger partial charge in [-0.2, -0.15) is 0 Å². The average Bonchev–Trinajstić information content (AvgIpc) is 3.19. The lowest BCUT2D eigenvalue weighted by Crippen LogP contribution is -2.33. The maximum absolute atomic E-state index is 13.1. The molecule has 0 aromatic carbocycles. The van der Waals surface area contributed by atoms with Crippen LogP contribution in [0.1, 0.15) is 72.7 Å². The molecule has 2 aliphatic heterocycles. The molecule has 3 aliphatic rings. The van der Waals surface area contributed by atoms with Gasteiger partial charge in [0, 0.05) is 42.7 Å². The van der Waals surface area contributed by atoms with Crippen molar-refractivity contribution in [1.82, 2.24) is 19.3 Å². The van der Waals surface area contributed by atoms with Gasteiger partial charge < -0.3 is 14.2 Å². The Kier molecular flexibility index (Phi) is 6.10. The van der Waals surface area contributed by atoms with Crippen LogP contribution in [-0.4, -0.2) is 56.7 Å². The van der Waals surface area contributed by atoms with Crippen molar-refractivity contribution in [1.29, 1.82) is 0 Å². The molecule has 0 bridgehead atoms. The van der Waals surface area contributed by atoms with Gasteiger partial charge in [0.2, 0.25) is 5.95 Å². The normalized spacial score (nSPS) is 21.7. The van der Waals surface area contributed by atoms with Gasteiger partial charge in [0.15, 0.2) is 10.9 Å². The summed E-state index contributed by atoms with van der Waals surface area (Å²) in [6.45, 7) is 7.85. The highest BCUT2D eigenvalue weighted by atomic mass is 32.2. The van der Waals surface area contributed by atoms with Crippen LogP contribution in [0.4, 0.5) is 5.95 Å². The molecular weight excluding hydrogens is 410 g/mol. The van der Waals surface area contributed by atoms with Crippen molar-refractivity contribution in [3.8, 4) is 0 Å². The lowest BCUT2D eigenvalue weighted by atomic mass is 10.1. The maximum Gasteiger partial charge on any atom is 0.228 e. The summed E-state index contributed by atoms with van der Waals surface area (Å²) in [5.74, 6) is 1.51. The molecule has 8 heteroatoms. The number of piperidine rings is 1. The first kappa shape index (κ1) is 21.1. The lowest BCUT2D eigenvalue weighted by Gasteiger charge is -2.28. The van der Waals surface area contributed by atoms with E-state index >= 15 is 0 Å². The Hall–Kier alpha value is -1.80. The van der Waals surface area contributed by atoms with Crippen molar-refractivity contribution in [2.24, 2.45) is 0 Å². The molecule has 0 N–H and O–H groups in total. The van der Waals surface area contributed by atoms with E-state index in [2.05, 4.69) is 44.1 Å². The molecule has 168 valence electrons. The number of carbonyl (C=O) groups is 1.